The Kier molecular flexibility index (Phi) is 4.66. The Morgan fingerprint density at radius 1 is 1.00 bits per heavy atom. The van der Waals surface area contributed by atoms with Gasteiger partial charge in [0, 0.05) is 5.69 Å². The number of rotatable bonds is 3. The van der Waals surface area contributed by atoms with Gasteiger partial charge in [0.15, 0.2) is 8.24 Å². The Morgan fingerprint density at radius 3 is 2.30 bits per heavy atom. The predicted octanol–water partition coefficient (Wildman–Crippen LogP) is 6.16. The third-order valence-corrected chi connectivity index (χ3v) is 11.5. The Morgan fingerprint density at radius 2 is 1.65 bits per heavy atom. The molecule has 1 nitrogen and oxygen atoms in total. The first-order chi connectivity index (χ1) is 10.8. The molecule has 4 atom stereocenters. The van der Waals surface area contributed by atoms with Crippen LogP contribution in [0, 0.1) is 31.6 Å². The number of aryl methyl sites for hydroxylation is 2. The minimum Gasteiger partial charge on any atom is -0.400 e. The fourth-order valence-corrected chi connectivity index (χ4v) is 9.35. The minimum absolute atomic E-state index is 0.960. The van der Waals surface area contributed by atoms with Gasteiger partial charge in [0.25, 0.3) is 0 Å². The van der Waals surface area contributed by atoms with Crippen LogP contribution < -0.4 is 4.57 Å². The van der Waals surface area contributed by atoms with E-state index in [9.17, 15) is 0 Å². The van der Waals surface area contributed by atoms with Gasteiger partial charge in [-0.2, -0.15) is 0 Å². The molecule has 0 bridgehead atoms. The summed E-state index contributed by atoms with van der Waals surface area (Å²) in [7, 11) is 0.903. The normalized spacial score (nSPS) is 31.0. The molecular formula is C21H35NSi. The Bertz CT molecular complexity index is 545. The number of fused-ring (bicyclic) bond motifs is 1. The van der Waals surface area contributed by atoms with Gasteiger partial charge in [-0.3, -0.25) is 0 Å². The van der Waals surface area contributed by atoms with Gasteiger partial charge in [-0.1, -0.05) is 45.3 Å². The van der Waals surface area contributed by atoms with Crippen molar-refractivity contribution < 1.29 is 0 Å². The molecule has 0 N–H and O–H groups in total. The van der Waals surface area contributed by atoms with E-state index < -0.39 is 8.24 Å². The molecule has 0 aliphatic heterocycles. The lowest BCUT2D eigenvalue weighted by Gasteiger charge is -2.48. The molecule has 0 spiro atoms. The number of nitrogens with zero attached hydrogens (tertiary/aromatic N) is 1. The van der Waals surface area contributed by atoms with Gasteiger partial charge < -0.3 is 4.57 Å². The van der Waals surface area contributed by atoms with Crippen LogP contribution in [0.3, 0.4) is 0 Å². The molecule has 2 aliphatic rings. The quantitative estimate of drug-likeness (QED) is 0.600. The minimum atomic E-state index is -1.47. The van der Waals surface area contributed by atoms with Gasteiger partial charge in [0.05, 0.1) is 0 Å². The zero-order chi connectivity index (χ0) is 16.8. The van der Waals surface area contributed by atoms with E-state index in [1.54, 1.807) is 0 Å². The van der Waals surface area contributed by atoms with Crippen molar-refractivity contribution in [3.63, 3.8) is 0 Å². The van der Waals surface area contributed by atoms with Gasteiger partial charge in [-0.25, -0.2) is 0 Å². The molecule has 2 aliphatic carbocycles. The molecule has 2 heteroatoms. The van der Waals surface area contributed by atoms with E-state index in [4.69, 9.17) is 0 Å². The lowest BCUT2D eigenvalue weighted by atomic mass is 9.81. The Labute approximate surface area is 144 Å². The molecular weight excluding hydrogens is 294 g/mol. The molecule has 2 saturated carbocycles. The molecule has 0 radical (unpaired) electrons. The zero-order valence-electron chi connectivity index (χ0n) is 16.0. The maximum absolute atomic E-state index is 2.71. The fraction of sp³-hybridized carbons (Fsp3) is 0.714. The summed E-state index contributed by atoms with van der Waals surface area (Å²) in [5, 5.41) is 0. The highest BCUT2D eigenvalue weighted by atomic mass is 28.3. The molecule has 1 aromatic rings. The highest BCUT2D eigenvalue weighted by Gasteiger charge is 2.48. The van der Waals surface area contributed by atoms with E-state index in [0.29, 0.717) is 0 Å². The van der Waals surface area contributed by atoms with Crippen molar-refractivity contribution >= 4 is 13.9 Å². The molecule has 2 fully saturated rings. The molecule has 0 aromatic heterocycles. The molecule has 0 amide bonds. The van der Waals surface area contributed by atoms with Crippen LogP contribution >= 0.6 is 0 Å². The van der Waals surface area contributed by atoms with Gasteiger partial charge in [-0.15, -0.1) is 0 Å². The van der Waals surface area contributed by atoms with E-state index in [2.05, 4.69) is 63.7 Å². The van der Waals surface area contributed by atoms with Crippen LogP contribution in [0.1, 0.15) is 50.2 Å². The summed E-state index contributed by atoms with van der Waals surface area (Å²) in [5.74, 6) is 3.00. The van der Waals surface area contributed by atoms with Crippen molar-refractivity contribution in [1.29, 1.82) is 0 Å². The standard InChI is InChI=1S/C21H35NSi/c1-15-10-16(2)13-19(12-15)22(4)23(5,6)21-9-7-8-18-11-17(3)14-20(18)21/h10,12-13,17-18,20-21H,7-9,11,14H2,1-6H3. The molecule has 128 valence electrons. The smallest absolute Gasteiger partial charge is 0.153 e. The highest BCUT2D eigenvalue weighted by Crippen LogP contribution is 2.54. The maximum Gasteiger partial charge on any atom is 0.153 e. The fourth-order valence-electron chi connectivity index (χ4n) is 5.69. The lowest BCUT2D eigenvalue weighted by Crippen LogP contribution is -2.53. The van der Waals surface area contributed by atoms with Gasteiger partial charge in [0.2, 0.25) is 0 Å². The van der Waals surface area contributed by atoms with Crippen LogP contribution in [-0.4, -0.2) is 15.3 Å². The zero-order valence-corrected chi connectivity index (χ0v) is 17.0. The van der Waals surface area contributed by atoms with E-state index in [1.165, 1.54) is 48.9 Å². The van der Waals surface area contributed by atoms with Crippen molar-refractivity contribution in [3.8, 4) is 0 Å². The lowest BCUT2D eigenvalue weighted by molar-refractivity contribution is 0.270. The third kappa shape index (κ3) is 3.24. The summed E-state index contributed by atoms with van der Waals surface area (Å²) < 4.78 is 2.71. The monoisotopic (exact) mass is 329 g/mol. The van der Waals surface area contributed by atoms with Crippen LogP contribution in [0.25, 0.3) is 0 Å². The number of hydrogen-bond donors (Lipinski definition) is 0. The van der Waals surface area contributed by atoms with Crippen LogP contribution in [0.4, 0.5) is 5.69 Å². The van der Waals surface area contributed by atoms with Crippen molar-refractivity contribution in [2.24, 2.45) is 17.8 Å². The molecule has 3 rings (SSSR count). The third-order valence-electron chi connectivity index (χ3n) is 6.96. The first-order valence-corrected chi connectivity index (χ1v) is 12.6. The number of hydrogen-bond acceptors (Lipinski definition) is 1. The largest absolute Gasteiger partial charge is 0.400 e. The Hall–Kier alpha value is -0.763. The van der Waals surface area contributed by atoms with Crippen molar-refractivity contribution in [2.45, 2.75) is 71.5 Å². The maximum atomic E-state index is 2.71. The topological polar surface area (TPSA) is 3.24 Å². The average molecular weight is 330 g/mol. The second-order valence-electron chi connectivity index (χ2n) is 9.10. The molecule has 4 unspecified atom stereocenters. The van der Waals surface area contributed by atoms with Gasteiger partial charge in [0.1, 0.15) is 0 Å². The second kappa shape index (κ2) is 6.27. The van der Waals surface area contributed by atoms with Crippen LogP contribution in [0.15, 0.2) is 18.2 Å². The summed E-state index contributed by atoms with van der Waals surface area (Å²) in [5.41, 5.74) is 5.21. The summed E-state index contributed by atoms with van der Waals surface area (Å²) >= 11 is 0. The van der Waals surface area contributed by atoms with E-state index >= 15 is 0 Å². The SMILES string of the molecule is Cc1cc(C)cc(N(C)[Si](C)(C)C2CCCC3CC(C)CC32)c1. The Balaban J connectivity index is 1.87. The summed E-state index contributed by atoms with van der Waals surface area (Å²) in [4.78, 5) is 0. The molecule has 0 saturated heterocycles. The van der Waals surface area contributed by atoms with Gasteiger partial charge >= 0.3 is 0 Å². The van der Waals surface area contributed by atoms with Crippen molar-refractivity contribution in [1.82, 2.24) is 0 Å². The summed E-state index contributed by atoms with van der Waals surface area (Å²) in [6.07, 6.45) is 7.44. The number of benzene rings is 1. The number of anilines is 1. The molecule has 0 heterocycles. The van der Waals surface area contributed by atoms with E-state index in [1.807, 2.05) is 0 Å². The summed E-state index contributed by atoms with van der Waals surface area (Å²) in [6.45, 7) is 12.2. The van der Waals surface area contributed by atoms with Crippen molar-refractivity contribution in [3.05, 3.63) is 29.3 Å². The predicted molar refractivity (Wildman–Crippen MR) is 105 cm³/mol. The first kappa shape index (κ1) is 17.1. The van der Waals surface area contributed by atoms with Gasteiger partial charge in [-0.05, 0) is 80.3 Å². The van der Waals surface area contributed by atoms with Crippen LogP contribution in [0.5, 0.6) is 0 Å². The molecule has 1 aromatic carbocycles. The average Bonchev–Trinajstić information content (AvgIpc) is 2.85. The van der Waals surface area contributed by atoms with E-state index in [-0.39, 0.29) is 0 Å². The first-order valence-electron chi connectivity index (χ1n) is 9.61. The van der Waals surface area contributed by atoms with E-state index in [0.717, 1.165) is 23.3 Å². The van der Waals surface area contributed by atoms with Crippen molar-refractivity contribution in [2.75, 3.05) is 11.6 Å². The van der Waals surface area contributed by atoms with Crippen LogP contribution in [0.2, 0.25) is 18.6 Å². The van der Waals surface area contributed by atoms with Crippen LogP contribution in [-0.2, 0) is 0 Å². The highest BCUT2D eigenvalue weighted by molar-refractivity contribution is 6.82. The summed E-state index contributed by atoms with van der Waals surface area (Å²) in [6, 6.07) is 7.07. The second-order valence-corrected chi connectivity index (χ2v) is 13.8. The molecule has 23 heavy (non-hydrogen) atoms.